The molecule has 4 heteroatoms. The van der Waals surface area contributed by atoms with Crippen LogP contribution in [0.5, 0.6) is 5.75 Å². The third-order valence-corrected chi connectivity index (χ3v) is 5.77. The minimum atomic E-state index is 0.178. The van der Waals surface area contributed by atoms with Crippen molar-refractivity contribution in [1.29, 1.82) is 0 Å². The van der Waals surface area contributed by atoms with Gasteiger partial charge in [-0.05, 0) is 37.8 Å². The molecule has 1 aliphatic heterocycles. The Morgan fingerprint density at radius 1 is 1.35 bits per heavy atom. The highest BCUT2D eigenvalue weighted by Crippen LogP contribution is 2.45. The number of benzene rings is 1. The Morgan fingerprint density at radius 2 is 2.15 bits per heavy atom. The van der Waals surface area contributed by atoms with E-state index in [1.807, 2.05) is 23.9 Å². The standard InChI is InChI=1S/C16H23NO2S/c1-18-14-10-12(17)4-5-15(14)20-13-6-9-19-16(11-13)7-2-3-8-16/h4-5,10,13H,2-3,6-9,11,17H2,1H3. The molecule has 0 radical (unpaired) electrons. The number of thioether (sulfide) groups is 1. The molecule has 3 rings (SSSR count). The number of hydrogen-bond acceptors (Lipinski definition) is 4. The van der Waals surface area contributed by atoms with Crippen molar-refractivity contribution in [2.24, 2.45) is 0 Å². The van der Waals surface area contributed by atoms with Crippen molar-refractivity contribution in [3.63, 3.8) is 0 Å². The predicted molar refractivity (Wildman–Crippen MR) is 83.4 cm³/mol. The first kappa shape index (κ1) is 14.1. The fourth-order valence-electron chi connectivity index (χ4n) is 3.41. The van der Waals surface area contributed by atoms with Crippen LogP contribution in [0.4, 0.5) is 5.69 Å². The van der Waals surface area contributed by atoms with Gasteiger partial charge in [-0.15, -0.1) is 11.8 Å². The highest BCUT2D eigenvalue weighted by atomic mass is 32.2. The van der Waals surface area contributed by atoms with Gasteiger partial charge in [0.15, 0.2) is 0 Å². The molecule has 0 bridgehead atoms. The first-order chi connectivity index (χ1) is 9.71. The zero-order valence-corrected chi connectivity index (χ0v) is 12.9. The Hall–Kier alpha value is -0.870. The minimum Gasteiger partial charge on any atom is -0.496 e. The second kappa shape index (κ2) is 5.86. The monoisotopic (exact) mass is 293 g/mol. The average Bonchev–Trinajstić information content (AvgIpc) is 2.89. The molecular formula is C16H23NO2S. The smallest absolute Gasteiger partial charge is 0.134 e. The Labute approximate surface area is 125 Å². The van der Waals surface area contributed by atoms with Gasteiger partial charge in [0, 0.05) is 28.5 Å². The van der Waals surface area contributed by atoms with E-state index in [0.717, 1.165) is 24.5 Å². The van der Waals surface area contributed by atoms with Crippen LogP contribution in [0.2, 0.25) is 0 Å². The van der Waals surface area contributed by atoms with Crippen molar-refractivity contribution in [3.8, 4) is 5.75 Å². The van der Waals surface area contributed by atoms with Gasteiger partial charge < -0.3 is 15.2 Å². The molecule has 0 aromatic heterocycles. The van der Waals surface area contributed by atoms with E-state index in [0.29, 0.717) is 5.25 Å². The summed E-state index contributed by atoms with van der Waals surface area (Å²) in [6.07, 6.45) is 7.42. The first-order valence-electron chi connectivity index (χ1n) is 7.45. The van der Waals surface area contributed by atoms with E-state index in [9.17, 15) is 0 Å². The van der Waals surface area contributed by atoms with Gasteiger partial charge in [0.25, 0.3) is 0 Å². The molecule has 1 saturated heterocycles. The summed E-state index contributed by atoms with van der Waals surface area (Å²) in [6.45, 7) is 0.898. The fourth-order valence-corrected chi connectivity index (χ4v) is 4.78. The Balaban J connectivity index is 1.71. The second-order valence-corrected chi connectivity index (χ2v) is 7.22. The molecule has 3 nitrogen and oxygen atoms in total. The molecule has 1 saturated carbocycles. The second-order valence-electron chi connectivity index (χ2n) is 5.88. The predicted octanol–water partition coefficient (Wildman–Crippen LogP) is 3.86. The van der Waals surface area contributed by atoms with Gasteiger partial charge in [-0.3, -0.25) is 0 Å². The van der Waals surface area contributed by atoms with Crippen molar-refractivity contribution in [2.45, 2.75) is 54.3 Å². The molecule has 1 heterocycles. The zero-order valence-electron chi connectivity index (χ0n) is 12.1. The summed E-state index contributed by atoms with van der Waals surface area (Å²) in [6, 6.07) is 5.94. The van der Waals surface area contributed by atoms with E-state index < -0.39 is 0 Å². The van der Waals surface area contributed by atoms with Gasteiger partial charge in [0.1, 0.15) is 5.75 Å². The molecule has 1 spiro atoms. The van der Waals surface area contributed by atoms with Crippen molar-refractivity contribution in [2.75, 3.05) is 19.5 Å². The molecule has 0 amide bonds. The van der Waals surface area contributed by atoms with E-state index in [2.05, 4.69) is 6.07 Å². The van der Waals surface area contributed by atoms with E-state index in [4.69, 9.17) is 15.2 Å². The molecule has 1 aliphatic carbocycles. The molecule has 2 fully saturated rings. The Kier molecular flexibility index (Phi) is 4.13. The van der Waals surface area contributed by atoms with Gasteiger partial charge in [0.05, 0.1) is 12.7 Å². The van der Waals surface area contributed by atoms with Gasteiger partial charge in [-0.25, -0.2) is 0 Å². The van der Waals surface area contributed by atoms with Crippen LogP contribution in [-0.2, 0) is 4.74 Å². The molecule has 110 valence electrons. The number of anilines is 1. The number of rotatable bonds is 3. The topological polar surface area (TPSA) is 44.5 Å². The number of nitrogens with two attached hydrogens (primary N) is 1. The molecule has 20 heavy (non-hydrogen) atoms. The largest absolute Gasteiger partial charge is 0.496 e. The number of ether oxygens (including phenoxy) is 2. The van der Waals surface area contributed by atoms with Gasteiger partial charge in [-0.2, -0.15) is 0 Å². The quantitative estimate of drug-likeness (QED) is 0.859. The molecule has 2 N–H and O–H groups in total. The molecular weight excluding hydrogens is 270 g/mol. The van der Waals surface area contributed by atoms with Crippen LogP contribution in [0.1, 0.15) is 38.5 Å². The number of nitrogen functional groups attached to an aromatic ring is 1. The highest BCUT2D eigenvalue weighted by Gasteiger charge is 2.40. The summed E-state index contributed by atoms with van der Waals surface area (Å²) in [5, 5.41) is 0.624. The van der Waals surface area contributed by atoms with E-state index >= 15 is 0 Å². The Morgan fingerprint density at radius 3 is 2.90 bits per heavy atom. The normalized spacial score (nSPS) is 24.9. The molecule has 1 atom stereocenters. The average molecular weight is 293 g/mol. The van der Waals surface area contributed by atoms with Gasteiger partial charge in [0.2, 0.25) is 0 Å². The molecule has 2 aliphatic rings. The van der Waals surface area contributed by atoms with Crippen molar-refractivity contribution in [1.82, 2.24) is 0 Å². The summed E-state index contributed by atoms with van der Waals surface area (Å²) in [5.74, 6) is 0.891. The lowest BCUT2D eigenvalue weighted by Gasteiger charge is -2.38. The third kappa shape index (κ3) is 2.91. The van der Waals surface area contributed by atoms with Crippen LogP contribution in [0, 0.1) is 0 Å². The molecule has 1 unspecified atom stereocenters. The van der Waals surface area contributed by atoms with Crippen LogP contribution in [0.15, 0.2) is 23.1 Å². The SMILES string of the molecule is COc1cc(N)ccc1SC1CCOC2(CCCC2)C1. The highest BCUT2D eigenvalue weighted by molar-refractivity contribution is 8.00. The molecule has 1 aromatic rings. The number of hydrogen-bond donors (Lipinski definition) is 1. The van der Waals surface area contributed by atoms with Crippen LogP contribution in [-0.4, -0.2) is 24.6 Å². The van der Waals surface area contributed by atoms with Crippen LogP contribution in [0.25, 0.3) is 0 Å². The third-order valence-electron chi connectivity index (χ3n) is 4.44. The van der Waals surface area contributed by atoms with Gasteiger partial charge >= 0.3 is 0 Å². The van der Waals surface area contributed by atoms with Gasteiger partial charge in [-0.1, -0.05) is 12.8 Å². The van der Waals surface area contributed by atoms with Crippen LogP contribution in [0.3, 0.4) is 0 Å². The Bertz CT molecular complexity index is 472. The first-order valence-corrected chi connectivity index (χ1v) is 8.33. The summed E-state index contributed by atoms with van der Waals surface area (Å²) in [7, 11) is 1.71. The number of methoxy groups -OCH3 is 1. The fraction of sp³-hybridized carbons (Fsp3) is 0.625. The lowest BCUT2D eigenvalue weighted by atomic mass is 9.92. The maximum absolute atomic E-state index is 6.11. The zero-order chi connectivity index (χ0) is 14.0. The summed E-state index contributed by atoms with van der Waals surface area (Å²) >= 11 is 1.92. The summed E-state index contributed by atoms with van der Waals surface area (Å²) in [4.78, 5) is 1.20. The van der Waals surface area contributed by atoms with E-state index in [-0.39, 0.29) is 5.60 Å². The van der Waals surface area contributed by atoms with Crippen molar-refractivity contribution in [3.05, 3.63) is 18.2 Å². The van der Waals surface area contributed by atoms with Crippen LogP contribution >= 0.6 is 11.8 Å². The minimum absolute atomic E-state index is 0.178. The van der Waals surface area contributed by atoms with E-state index in [1.54, 1.807) is 7.11 Å². The maximum Gasteiger partial charge on any atom is 0.134 e. The van der Waals surface area contributed by atoms with E-state index in [1.165, 1.54) is 37.0 Å². The molecule has 1 aromatic carbocycles. The maximum atomic E-state index is 6.11. The summed E-state index contributed by atoms with van der Waals surface area (Å²) < 4.78 is 11.6. The summed E-state index contributed by atoms with van der Waals surface area (Å²) in [5.41, 5.74) is 6.75. The van der Waals surface area contributed by atoms with Crippen LogP contribution < -0.4 is 10.5 Å². The lowest BCUT2D eigenvalue weighted by molar-refractivity contribution is -0.0704. The lowest BCUT2D eigenvalue weighted by Crippen LogP contribution is -2.38. The van der Waals surface area contributed by atoms with Crippen molar-refractivity contribution >= 4 is 17.4 Å². The van der Waals surface area contributed by atoms with Crippen molar-refractivity contribution < 1.29 is 9.47 Å².